The summed E-state index contributed by atoms with van der Waals surface area (Å²) in [6.45, 7) is -1.03. The van der Waals surface area contributed by atoms with Crippen molar-refractivity contribution in [1.82, 2.24) is 9.55 Å². The monoisotopic (exact) mass is 299 g/mol. The number of nitrogens with two attached hydrogens (primary N) is 1. The number of nitrogens with zero attached hydrogens (tertiary/aromatic N) is 2. The first-order valence-electron chi connectivity index (χ1n) is 6.42. The summed E-state index contributed by atoms with van der Waals surface area (Å²) in [7, 11) is 0. The van der Waals surface area contributed by atoms with E-state index in [2.05, 4.69) is 9.72 Å². The summed E-state index contributed by atoms with van der Waals surface area (Å²) in [5.74, 6) is 0. The van der Waals surface area contributed by atoms with E-state index in [-0.39, 0.29) is 19.2 Å². The van der Waals surface area contributed by atoms with E-state index in [1.54, 1.807) is 10.8 Å². The molecule has 0 bridgehead atoms. The Hall–Kier alpha value is -1.86. The highest BCUT2D eigenvalue weighted by Gasteiger charge is 2.27. The SMILES string of the molecule is NC(c1ccccc1)c1cncn1CCOCC(F)(F)F. The van der Waals surface area contributed by atoms with Crippen LogP contribution in [0.2, 0.25) is 0 Å². The zero-order valence-corrected chi connectivity index (χ0v) is 11.3. The lowest BCUT2D eigenvalue weighted by Gasteiger charge is -2.15. The third kappa shape index (κ3) is 4.57. The molecule has 1 unspecified atom stereocenters. The zero-order chi connectivity index (χ0) is 15.3. The second-order valence-corrected chi connectivity index (χ2v) is 4.57. The fraction of sp³-hybridized carbons (Fsp3) is 0.357. The average molecular weight is 299 g/mol. The zero-order valence-electron chi connectivity index (χ0n) is 11.3. The first-order chi connectivity index (χ1) is 9.97. The average Bonchev–Trinajstić information content (AvgIpc) is 2.91. The van der Waals surface area contributed by atoms with Crippen molar-refractivity contribution in [2.24, 2.45) is 5.73 Å². The predicted octanol–water partition coefficient (Wildman–Crippen LogP) is 2.51. The summed E-state index contributed by atoms with van der Waals surface area (Å²) in [5, 5.41) is 0. The summed E-state index contributed by atoms with van der Waals surface area (Å²) >= 11 is 0. The highest BCUT2D eigenvalue weighted by molar-refractivity contribution is 5.26. The van der Waals surface area contributed by atoms with Crippen molar-refractivity contribution in [2.75, 3.05) is 13.2 Å². The number of benzene rings is 1. The molecule has 0 radical (unpaired) electrons. The maximum atomic E-state index is 12.0. The van der Waals surface area contributed by atoms with Gasteiger partial charge in [0.2, 0.25) is 0 Å². The Labute approximate surface area is 120 Å². The molecule has 0 saturated heterocycles. The normalized spacial score (nSPS) is 13.3. The van der Waals surface area contributed by atoms with Crippen molar-refractivity contribution < 1.29 is 17.9 Å². The molecule has 1 heterocycles. The molecule has 4 nitrogen and oxygen atoms in total. The molecule has 1 atom stereocenters. The lowest BCUT2D eigenvalue weighted by molar-refractivity contribution is -0.174. The maximum absolute atomic E-state index is 12.0. The van der Waals surface area contributed by atoms with Gasteiger partial charge in [0.25, 0.3) is 0 Å². The Morgan fingerprint density at radius 2 is 1.95 bits per heavy atom. The van der Waals surface area contributed by atoms with Crippen LogP contribution in [-0.4, -0.2) is 28.9 Å². The smallest absolute Gasteiger partial charge is 0.370 e. The van der Waals surface area contributed by atoms with Gasteiger partial charge in [-0.2, -0.15) is 13.2 Å². The minimum absolute atomic E-state index is 0.0512. The van der Waals surface area contributed by atoms with Gasteiger partial charge in [-0.25, -0.2) is 4.98 Å². The van der Waals surface area contributed by atoms with Crippen LogP contribution < -0.4 is 5.73 Å². The van der Waals surface area contributed by atoms with Crippen LogP contribution in [0.15, 0.2) is 42.9 Å². The van der Waals surface area contributed by atoms with E-state index in [0.29, 0.717) is 0 Å². The Bertz CT molecular complexity index is 554. The fourth-order valence-electron chi connectivity index (χ4n) is 1.96. The van der Waals surface area contributed by atoms with Crippen LogP contribution >= 0.6 is 0 Å². The molecule has 0 aliphatic carbocycles. The summed E-state index contributed by atoms with van der Waals surface area (Å²) < 4.78 is 42.3. The second kappa shape index (κ2) is 6.73. The number of halogens is 3. The van der Waals surface area contributed by atoms with Crippen molar-refractivity contribution in [3.63, 3.8) is 0 Å². The highest BCUT2D eigenvalue weighted by Crippen LogP contribution is 2.19. The summed E-state index contributed by atoms with van der Waals surface area (Å²) in [6.07, 6.45) is -1.16. The summed E-state index contributed by atoms with van der Waals surface area (Å²) in [4.78, 5) is 4.00. The Balaban J connectivity index is 1.96. The van der Waals surface area contributed by atoms with Gasteiger partial charge in [0.05, 0.1) is 30.9 Å². The van der Waals surface area contributed by atoms with E-state index in [0.717, 1.165) is 11.3 Å². The van der Waals surface area contributed by atoms with E-state index < -0.39 is 12.8 Å². The molecule has 0 aliphatic rings. The van der Waals surface area contributed by atoms with Crippen LogP contribution in [0.1, 0.15) is 17.3 Å². The topological polar surface area (TPSA) is 53.1 Å². The molecular weight excluding hydrogens is 283 g/mol. The number of hydrogen-bond donors (Lipinski definition) is 1. The van der Waals surface area contributed by atoms with Gasteiger partial charge in [0.15, 0.2) is 0 Å². The molecule has 21 heavy (non-hydrogen) atoms. The molecular formula is C14H16F3N3O. The van der Waals surface area contributed by atoms with Crippen LogP contribution in [0.25, 0.3) is 0 Å². The lowest BCUT2D eigenvalue weighted by Crippen LogP contribution is -2.21. The molecule has 2 rings (SSSR count). The Kier molecular flexibility index (Phi) is 4.98. The van der Waals surface area contributed by atoms with Gasteiger partial charge in [0, 0.05) is 6.54 Å². The van der Waals surface area contributed by atoms with Crippen molar-refractivity contribution in [3.8, 4) is 0 Å². The fourth-order valence-corrected chi connectivity index (χ4v) is 1.96. The van der Waals surface area contributed by atoms with Crippen molar-refractivity contribution >= 4 is 0 Å². The third-order valence-corrected chi connectivity index (χ3v) is 2.96. The van der Waals surface area contributed by atoms with Crippen LogP contribution in [0.3, 0.4) is 0 Å². The van der Waals surface area contributed by atoms with Gasteiger partial charge in [0.1, 0.15) is 6.61 Å². The van der Waals surface area contributed by atoms with E-state index >= 15 is 0 Å². The molecule has 1 aromatic heterocycles. The minimum atomic E-state index is -4.31. The number of ether oxygens (including phenoxy) is 1. The first kappa shape index (κ1) is 15.5. The molecule has 7 heteroatoms. The third-order valence-electron chi connectivity index (χ3n) is 2.96. The van der Waals surface area contributed by atoms with Crippen LogP contribution in [0.4, 0.5) is 13.2 Å². The van der Waals surface area contributed by atoms with Gasteiger partial charge < -0.3 is 15.0 Å². The largest absolute Gasteiger partial charge is 0.411 e. The molecule has 2 aromatic rings. The Morgan fingerprint density at radius 1 is 1.24 bits per heavy atom. The Morgan fingerprint density at radius 3 is 2.62 bits per heavy atom. The second-order valence-electron chi connectivity index (χ2n) is 4.57. The molecule has 1 aromatic carbocycles. The number of aromatic nitrogens is 2. The van der Waals surface area contributed by atoms with Gasteiger partial charge in [-0.1, -0.05) is 30.3 Å². The van der Waals surface area contributed by atoms with Crippen LogP contribution in [-0.2, 0) is 11.3 Å². The van der Waals surface area contributed by atoms with Crippen LogP contribution in [0, 0.1) is 0 Å². The maximum Gasteiger partial charge on any atom is 0.411 e. The van der Waals surface area contributed by atoms with Crippen LogP contribution in [0.5, 0.6) is 0 Å². The van der Waals surface area contributed by atoms with E-state index in [9.17, 15) is 13.2 Å². The quantitative estimate of drug-likeness (QED) is 0.834. The number of alkyl halides is 3. The van der Waals surface area contributed by atoms with Crippen molar-refractivity contribution in [2.45, 2.75) is 18.8 Å². The van der Waals surface area contributed by atoms with Crippen molar-refractivity contribution in [3.05, 3.63) is 54.1 Å². The van der Waals surface area contributed by atoms with E-state index in [4.69, 9.17) is 5.73 Å². The van der Waals surface area contributed by atoms with Gasteiger partial charge in [-0.05, 0) is 5.56 Å². The summed E-state index contributed by atoms with van der Waals surface area (Å²) in [5.41, 5.74) is 7.80. The summed E-state index contributed by atoms with van der Waals surface area (Å²) in [6, 6.07) is 9.05. The van der Waals surface area contributed by atoms with Gasteiger partial charge >= 0.3 is 6.18 Å². The first-order valence-corrected chi connectivity index (χ1v) is 6.42. The number of rotatable bonds is 6. The van der Waals surface area contributed by atoms with E-state index in [1.807, 2.05) is 30.3 Å². The lowest BCUT2D eigenvalue weighted by atomic mass is 10.1. The molecule has 0 saturated carbocycles. The molecule has 0 spiro atoms. The standard InChI is InChI=1S/C14H16F3N3O/c15-14(16,17)9-21-7-6-20-10-19-8-12(20)13(18)11-4-2-1-3-5-11/h1-5,8,10,13H,6-7,9,18H2. The molecule has 0 aliphatic heterocycles. The van der Waals surface area contributed by atoms with Gasteiger partial charge in [-0.3, -0.25) is 0 Å². The van der Waals surface area contributed by atoms with E-state index in [1.165, 1.54) is 6.33 Å². The number of hydrogen-bond acceptors (Lipinski definition) is 3. The highest BCUT2D eigenvalue weighted by atomic mass is 19.4. The van der Waals surface area contributed by atoms with Crippen molar-refractivity contribution in [1.29, 1.82) is 0 Å². The predicted molar refractivity (Wildman–Crippen MR) is 71.6 cm³/mol. The molecule has 2 N–H and O–H groups in total. The number of imidazole rings is 1. The van der Waals surface area contributed by atoms with Gasteiger partial charge in [-0.15, -0.1) is 0 Å². The minimum Gasteiger partial charge on any atom is -0.370 e. The molecule has 0 fully saturated rings. The molecule has 114 valence electrons. The molecule has 0 amide bonds.